The zero-order valence-electron chi connectivity index (χ0n) is 13.2. The maximum atomic E-state index is 12.7. The number of carboxylic acid groups (broad SMARTS) is 1. The van der Waals surface area contributed by atoms with E-state index in [1.807, 2.05) is 26.0 Å². The molecule has 1 N–H and O–H groups in total. The maximum Gasteiger partial charge on any atom is 0.311 e. The van der Waals surface area contributed by atoms with Crippen LogP contribution in [-0.4, -0.2) is 44.9 Å². The maximum absolute atomic E-state index is 12.7. The van der Waals surface area contributed by atoms with Gasteiger partial charge in [-0.2, -0.15) is 0 Å². The third-order valence-electron chi connectivity index (χ3n) is 4.83. The van der Waals surface area contributed by atoms with Crippen LogP contribution in [0.4, 0.5) is 0 Å². The number of likely N-dealkylation sites (tertiary alicyclic amines) is 1. The Morgan fingerprint density at radius 3 is 2.74 bits per heavy atom. The van der Waals surface area contributed by atoms with Crippen LogP contribution in [0.25, 0.3) is 10.9 Å². The number of hydrogen-bond acceptors (Lipinski definition) is 4. The third-order valence-corrected chi connectivity index (χ3v) is 4.83. The molecule has 2 aromatic heterocycles. The van der Waals surface area contributed by atoms with Gasteiger partial charge in [-0.15, -0.1) is 0 Å². The smallest absolute Gasteiger partial charge is 0.311 e. The van der Waals surface area contributed by atoms with Crippen LogP contribution in [-0.2, 0) is 4.79 Å². The van der Waals surface area contributed by atoms with Crippen LogP contribution in [0.3, 0.4) is 0 Å². The van der Waals surface area contributed by atoms with E-state index in [0.29, 0.717) is 24.2 Å². The molecule has 23 heavy (non-hydrogen) atoms. The highest BCUT2D eigenvalue weighted by Crippen LogP contribution is 2.38. The average molecular weight is 313 g/mol. The van der Waals surface area contributed by atoms with Crippen molar-refractivity contribution in [3.8, 4) is 0 Å². The number of hydrogen-bond donors (Lipinski definition) is 1. The molecule has 120 valence electrons. The molecule has 3 rings (SSSR count). The Kier molecular flexibility index (Phi) is 3.75. The molecule has 1 saturated heterocycles. The van der Waals surface area contributed by atoms with Gasteiger partial charge in [0.05, 0.1) is 17.1 Å². The van der Waals surface area contributed by atoms with E-state index in [9.17, 15) is 14.7 Å². The molecule has 3 heterocycles. The molecule has 6 heteroatoms. The van der Waals surface area contributed by atoms with E-state index in [2.05, 4.69) is 9.97 Å². The van der Waals surface area contributed by atoms with Crippen molar-refractivity contribution in [3.63, 3.8) is 0 Å². The monoisotopic (exact) mass is 313 g/mol. The number of aromatic nitrogens is 2. The van der Waals surface area contributed by atoms with Gasteiger partial charge in [-0.05, 0) is 24.5 Å². The average Bonchev–Trinajstić information content (AvgIpc) is 3.00. The Morgan fingerprint density at radius 2 is 2.09 bits per heavy atom. The molecule has 0 aliphatic carbocycles. The first kappa shape index (κ1) is 15.4. The fourth-order valence-corrected chi connectivity index (χ4v) is 3.15. The molecule has 6 nitrogen and oxygen atoms in total. The number of fused-ring (bicyclic) bond motifs is 1. The van der Waals surface area contributed by atoms with Crippen molar-refractivity contribution in [2.24, 2.45) is 11.3 Å². The molecule has 0 radical (unpaired) electrons. The SMILES string of the molecule is CC(C)C1(C(=O)O)CCN(C(=O)c2ccc3ccncc3n2)C1. The first-order chi connectivity index (χ1) is 10.9. The van der Waals surface area contributed by atoms with Gasteiger partial charge in [-0.1, -0.05) is 19.9 Å². The molecule has 1 fully saturated rings. The van der Waals surface area contributed by atoms with Crippen molar-refractivity contribution in [2.45, 2.75) is 20.3 Å². The minimum absolute atomic E-state index is 0.0356. The summed E-state index contributed by atoms with van der Waals surface area (Å²) in [4.78, 5) is 34.3. The van der Waals surface area contributed by atoms with Gasteiger partial charge in [-0.25, -0.2) is 4.98 Å². The second-order valence-electron chi connectivity index (χ2n) is 6.36. The standard InChI is InChI=1S/C17H19N3O3/c1-11(2)17(16(22)23)6-8-20(10-17)15(21)13-4-3-12-5-7-18-9-14(12)19-13/h3-5,7,9,11H,6,8,10H2,1-2H3,(H,22,23). The molecule has 1 aliphatic rings. The third kappa shape index (κ3) is 2.54. The lowest BCUT2D eigenvalue weighted by Gasteiger charge is -2.28. The molecule has 1 aliphatic heterocycles. The van der Waals surface area contributed by atoms with Gasteiger partial charge in [0.1, 0.15) is 5.69 Å². The Labute approximate surface area is 134 Å². The van der Waals surface area contributed by atoms with Gasteiger partial charge in [0.15, 0.2) is 0 Å². The summed E-state index contributed by atoms with van der Waals surface area (Å²) in [5.74, 6) is -1.09. The molecule has 0 aromatic carbocycles. The van der Waals surface area contributed by atoms with E-state index in [1.54, 1.807) is 23.4 Å². The molecule has 1 atom stereocenters. The highest BCUT2D eigenvalue weighted by atomic mass is 16.4. The summed E-state index contributed by atoms with van der Waals surface area (Å²) in [5, 5.41) is 10.5. The number of aliphatic carboxylic acids is 1. The van der Waals surface area contributed by atoms with Crippen molar-refractivity contribution in [3.05, 3.63) is 36.3 Å². The van der Waals surface area contributed by atoms with Gasteiger partial charge in [0.25, 0.3) is 5.91 Å². The number of amides is 1. The van der Waals surface area contributed by atoms with Crippen LogP contribution in [0.1, 0.15) is 30.8 Å². The second kappa shape index (κ2) is 5.61. The van der Waals surface area contributed by atoms with Crippen molar-refractivity contribution in [1.29, 1.82) is 0 Å². The largest absolute Gasteiger partial charge is 0.481 e. The van der Waals surface area contributed by atoms with Crippen molar-refractivity contribution >= 4 is 22.8 Å². The van der Waals surface area contributed by atoms with Gasteiger partial charge in [-0.3, -0.25) is 14.6 Å². The summed E-state index contributed by atoms with van der Waals surface area (Å²) in [7, 11) is 0. The van der Waals surface area contributed by atoms with Gasteiger partial charge >= 0.3 is 5.97 Å². The van der Waals surface area contributed by atoms with E-state index in [4.69, 9.17) is 0 Å². The lowest BCUT2D eigenvalue weighted by atomic mass is 9.76. The lowest BCUT2D eigenvalue weighted by Crippen LogP contribution is -2.40. The topological polar surface area (TPSA) is 83.4 Å². The minimum Gasteiger partial charge on any atom is -0.481 e. The van der Waals surface area contributed by atoms with E-state index in [-0.39, 0.29) is 18.4 Å². The summed E-state index contributed by atoms with van der Waals surface area (Å²) in [6, 6.07) is 5.35. The normalized spacial score (nSPS) is 21.1. The van der Waals surface area contributed by atoms with Crippen LogP contribution >= 0.6 is 0 Å². The highest BCUT2D eigenvalue weighted by molar-refractivity contribution is 5.95. The predicted molar refractivity (Wildman–Crippen MR) is 85.0 cm³/mol. The fourth-order valence-electron chi connectivity index (χ4n) is 3.15. The Hall–Kier alpha value is -2.50. The van der Waals surface area contributed by atoms with Gasteiger partial charge in [0.2, 0.25) is 0 Å². The van der Waals surface area contributed by atoms with Crippen LogP contribution in [0.5, 0.6) is 0 Å². The zero-order valence-corrected chi connectivity index (χ0v) is 13.2. The summed E-state index contributed by atoms with van der Waals surface area (Å²) in [6.45, 7) is 4.45. The Balaban J connectivity index is 1.87. The predicted octanol–water partition coefficient (Wildman–Crippen LogP) is 2.20. The molecular formula is C17H19N3O3. The van der Waals surface area contributed by atoms with E-state index in [0.717, 1.165) is 5.39 Å². The first-order valence-corrected chi connectivity index (χ1v) is 7.67. The van der Waals surface area contributed by atoms with Crippen LogP contribution in [0.15, 0.2) is 30.6 Å². The molecule has 1 amide bonds. The van der Waals surface area contributed by atoms with Gasteiger partial charge in [0, 0.05) is 24.7 Å². The molecular weight excluding hydrogens is 294 g/mol. The summed E-state index contributed by atoms with van der Waals surface area (Å²) in [6.07, 6.45) is 3.77. The molecule has 0 bridgehead atoms. The van der Waals surface area contributed by atoms with Gasteiger partial charge < -0.3 is 10.0 Å². The highest BCUT2D eigenvalue weighted by Gasteiger charge is 2.48. The molecule has 2 aromatic rings. The summed E-state index contributed by atoms with van der Waals surface area (Å²) >= 11 is 0. The van der Waals surface area contributed by atoms with Crippen LogP contribution < -0.4 is 0 Å². The van der Waals surface area contributed by atoms with Crippen molar-refractivity contribution in [2.75, 3.05) is 13.1 Å². The Morgan fingerprint density at radius 1 is 1.30 bits per heavy atom. The number of carbonyl (C=O) groups excluding carboxylic acids is 1. The lowest BCUT2D eigenvalue weighted by molar-refractivity contribution is -0.150. The molecule has 1 unspecified atom stereocenters. The van der Waals surface area contributed by atoms with E-state index in [1.165, 1.54) is 0 Å². The summed E-state index contributed by atoms with van der Waals surface area (Å²) in [5.41, 5.74) is 0.120. The number of rotatable bonds is 3. The fraction of sp³-hybridized carbons (Fsp3) is 0.412. The number of nitrogens with zero attached hydrogens (tertiary/aromatic N) is 3. The van der Waals surface area contributed by atoms with E-state index >= 15 is 0 Å². The number of carbonyl (C=O) groups is 2. The van der Waals surface area contributed by atoms with Crippen LogP contribution in [0, 0.1) is 11.3 Å². The molecule has 0 spiro atoms. The van der Waals surface area contributed by atoms with E-state index < -0.39 is 11.4 Å². The van der Waals surface area contributed by atoms with Crippen LogP contribution in [0.2, 0.25) is 0 Å². The van der Waals surface area contributed by atoms with Crippen molar-refractivity contribution in [1.82, 2.24) is 14.9 Å². The first-order valence-electron chi connectivity index (χ1n) is 7.67. The van der Waals surface area contributed by atoms with Crippen molar-refractivity contribution < 1.29 is 14.7 Å². The summed E-state index contributed by atoms with van der Waals surface area (Å²) < 4.78 is 0. The second-order valence-corrected chi connectivity index (χ2v) is 6.36. The minimum atomic E-state index is -0.867. The number of carboxylic acids is 1. The quantitative estimate of drug-likeness (QED) is 0.939. The molecule has 0 saturated carbocycles. The Bertz CT molecular complexity index is 775. The zero-order chi connectivity index (χ0) is 16.6. The number of pyridine rings is 2.